The van der Waals surface area contributed by atoms with E-state index in [1.54, 1.807) is 6.07 Å². The Morgan fingerprint density at radius 1 is 0.925 bits per heavy atom. The van der Waals surface area contributed by atoms with Crippen LogP contribution < -0.4 is 0 Å². The van der Waals surface area contributed by atoms with Crippen LogP contribution in [-0.4, -0.2) is 35.3 Å². The Morgan fingerprint density at radius 3 is 2.17 bits per heavy atom. The Labute approximate surface area is 226 Å². The molecular weight excluding hydrogens is 555 g/mol. The van der Waals surface area contributed by atoms with E-state index >= 15 is 0 Å². The Hall–Kier alpha value is -1.82. The molecule has 0 amide bonds. The lowest BCUT2D eigenvalue weighted by Crippen LogP contribution is -2.61. The molecule has 0 aliphatic heterocycles. The highest BCUT2D eigenvalue weighted by Crippen LogP contribution is 2.61. The molecule has 1 unspecified atom stereocenters. The number of Topliss-reactive ketones (excluding diaryl/α,β-unsaturated/α-hetero) is 1. The smallest absolute Gasteiger partial charge is 0.299 e. The molecule has 3 aliphatic carbocycles. The van der Waals surface area contributed by atoms with Gasteiger partial charge in [-0.2, -0.15) is 39.5 Å². The predicted molar refractivity (Wildman–Crippen MR) is 126 cm³/mol. The highest BCUT2D eigenvalue weighted by Gasteiger charge is 2.81. The first-order valence-corrected chi connectivity index (χ1v) is 13.3. The normalized spacial score (nSPS) is 28.6. The molecule has 5 atom stereocenters. The van der Waals surface area contributed by atoms with Crippen LogP contribution in [-0.2, 0) is 21.0 Å². The molecule has 0 N–H and O–H groups in total. The number of hydrogen-bond donors (Lipinski definition) is 0. The van der Waals surface area contributed by atoms with Crippen molar-refractivity contribution in [3.8, 4) is 0 Å². The summed E-state index contributed by atoms with van der Waals surface area (Å²) >= 11 is 0. The quantitative estimate of drug-likeness (QED) is 0.182. The zero-order valence-electron chi connectivity index (χ0n) is 22.6. The molecule has 3 aliphatic rings. The van der Waals surface area contributed by atoms with Gasteiger partial charge < -0.3 is 0 Å². The summed E-state index contributed by atoms with van der Waals surface area (Å²) in [5.74, 6) is -19.7. The fourth-order valence-electron chi connectivity index (χ4n) is 6.89. The summed E-state index contributed by atoms with van der Waals surface area (Å²) in [5, 5.41) is 0. The van der Waals surface area contributed by atoms with E-state index in [9.17, 15) is 44.3 Å². The van der Waals surface area contributed by atoms with Crippen LogP contribution >= 0.6 is 0 Å². The van der Waals surface area contributed by atoms with Crippen molar-refractivity contribution in [2.75, 3.05) is 0 Å². The zero-order valence-corrected chi connectivity index (χ0v) is 22.6. The number of hydrogen-bond acceptors (Lipinski definition) is 3. The number of alkyl halides is 9. The maximum absolute atomic E-state index is 14.9. The van der Waals surface area contributed by atoms with Gasteiger partial charge >= 0.3 is 23.9 Å². The lowest BCUT2D eigenvalue weighted by molar-refractivity contribution is -0.413. The molecule has 0 radical (unpaired) electrons. The number of carbonyl (C=O) groups excluding carboxylic acids is 1. The van der Waals surface area contributed by atoms with Gasteiger partial charge in [0.1, 0.15) is 11.9 Å². The molecule has 12 heteroatoms. The van der Waals surface area contributed by atoms with Crippen molar-refractivity contribution in [3.63, 3.8) is 0 Å². The van der Waals surface area contributed by atoms with E-state index < -0.39 is 47.5 Å². The van der Waals surface area contributed by atoms with E-state index in [0.29, 0.717) is 44.1 Å². The van der Waals surface area contributed by atoms with Crippen LogP contribution in [0.15, 0.2) is 18.2 Å². The Kier molecular flexibility index (Phi) is 7.69. The maximum atomic E-state index is 14.9. The molecule has 2 fully saturated rings. The summed E-state index contributed by atoms with van der Waals surface area (Å²) in [7, 11) is 0. The van der Waals surface area contributed by atoms with Gasteiger partial charge in [-0.1, -0.05) is 25.1 Å². The number of fused-ring (bicyclic) bond motifs is 5. The first kappa shape index (κ1) is 31.1. The van der Waals surface area contributed by atoms with Crippen LogP contribution in [0.3, 0.4) is 0 Å². The van der Waals surface area contributed by atoms with Crippen molar-refractivity contribution in [2.24, 2.45) is 17.3 Å². The monoisotopic (exact) mass is 588 g/mol. The largest absolute Gasteiger partial charge is 0.460 e. The molecule has 226 valence electrons. The molecular formula is C28H33F9O3. The van der Waals surface area contributed by atoms with E-state index in [1.165, 1.54) is 32.9 Å². The van der Waals surface area contributed by atoms with E-state index in [2.05, 4.69) is 0 Å². The Balaban J connectivity index is 1.76. The summed E-state index contributed by atoms with van der Waals surface area (Å²) in [4.78, 5) is 23.0. The minimum Gasteiger partial charge on any atom is -0.299 e. The van der Waals surface area contributed by atoms with E-state index in [1.807, 2.05) is 6.92 Å². The third kappa shape index (κ3) is 5.05. The Bertz CT molecular complexity index is 1130. The third-order valence-corrected chi connectivity index (χ3v) is 8.91. The number of ketones is 1. The molecule has 40 heavy (non-hydrogen) atoms. The Morgan fingerprint density at radius 2 is 1.57 bits per heavy atom. The van der Waals surface area contributed by atoms with Crippen molar-refractivity contribution in [3.05, 3.63) is 34.9 Å². The van der Waals surface area contributed by atoms with Crippen LogP contribution in [0.2, 0.25) is 0 Å². The van der Waals surface area contributed by atoms with E-state index in [4.69, 9.17) is 9.78 Å². The lowest BCUT2D eigenvalue weighted by atomic mass is 9.55. The molecule has 0 heterocycles. The summed E-state index contributed by atoms with van der Waals surface area (Å²) in [6.45, 7) is 6.32. The van der Waals surface area contributed by atoms with Crippen molar-refractivity contribution < 1.29 is 54.1 Å². The first-order chi connectivity index (χ1) is 18.1. The van der Waals surface area contributed by atoms with Crippen LogP contribution in [0, 0.1) is 17.3 Å². The van der Waals surface area contributed by atoms with Gasteiger partial charge in [0.15, 0.2) is 0 Å². The molecule has 1 aromatic carbocycles. The highest BCUT2D eigenvalue weighted by atomic mass is 19.4. The highest BCUT2D eigenvalue weighted by molar-refractivity contribution is 5.87. The number of aryl methyl sites for hydroxylation is 1. The number of benzene rings is 1. The number of halogens is 9. The lowest BCUT2D eigenvalue weighted by Gasteiger charge is -2.49. The van der Waals surface area contributed by atoms with E-state index in [-0.39, 0.29) is 29.1 Å². The minimum atomic E-state index is -7.00. The van der Waals surface area contributed by atoms with E-state index in [0.717, 1.165) is 5.56 Å². The van der Waals surface area contributed by atoms with Gasteiger partial charge in [-0.3, -0.25) is 4.79 Å². The van der Waals surface area contributed by atoms with Crippen LogP contribution in [0.1, 0.15) is 94.9 Å². The topological polar surface area (TPSA) is 35.5 Å². The van der Waals surface area contributed by atoms with Crippen molar-refractivity contribution in [1.82, 2.24) is 0 Å². The fraction of sp³-hybridized carbons (Fsp3) is 0.750. The van der Waals surface area contributed by atoms with Gasteiger partial charge in [0.05, 0.1) is 12.0 Å². The molecule has 0 bridgehead atoms. The average Bonchev–Trinajstić information content (AvgIpc) is 3.14. The van der Waals surface area contributed by atoms with Gasteiger partial charge in [-0.05, 0) is 87.3 Å². The van der Waals surface area contributed by atoms with Crippen molar-refractivity contribution in [2.45, 2.75) is 114 Å². The minimum absolute atomic E-state index is 0.0143. The van der Waals surface area contributed by atoms with Crippen LogP contribution in [0.25, 0.3) is 0 Å². The summed E-state index contributed by atoms with van der Waals surface area (Å²) in [6, 6.07) is 4.56. The van der Waals surface area contributed by atoms with Gasteiger partial charge in [0.25, 0.3) is 0 Å². The summed E-state index contributed by atoms with van der Waals surface area (Å²) < 4.78 is 124. The SMILES string of the molecule is CC(C)(C)OOC(CC(F)(F)C(F)(F)C(F)(F)C(F)(F)F)c1cccc2c1[C@@H]1CC[C@@]3(C)C(=O)CC[C@@H]3[C@H]1CC2. The second-order valence-electron chi connectivity index (χ2n) is 12.6. The second-order valence-corrected chi connectivity index (χ2v) is 12.6. The fourth-order valence-corrected chi connectivity index (χ4v) is 6.89. The van der Waals surface area contributed by atoms with Crippen molar-refractivity contribution in [1.29, 1.82) is 0 Å². The summed E-state index contributed by atoms with van der Waals surface area (Å²) in [6.07, 6.45) is -7.85. The molecule has 0 spiro atoms. The first-order valence-electron chi connectivity index (χ1n) is 13.3. The molecule has 0 aromatic heterocycles. The third-order valence-electron chi connectivity index (χ3n) is 8.91. The molecule has 3 nitrogen and oxygen atoms in total. The van der Waals surface area contributed by atoms with Crippen LogP contribution in [0.5, 0.6) is 0 Å². The number of carbonyl (C=O) groups is 1. The molecule has 1 aromatic rings. The molecule has 0 saturated heterocycles. The standard InChI is InChI=1S/C28H33F9O3/c1-23(2,3)40-39-20(14-25(29,30)26(31,32)27(33,34)28(35,36)37)18-7-5-6-15-8-9-16-17(22(15)18)12-13-24(4)19(16)10-11-21(24)38/h5-7,16-17,19-20H,8-14H2,1-4H3/t16-,17+,19+,20?,24+/m0/s1. The van der Waals surface area contributed by atoms with Gasteiger partial charge in [0, 0.05) is 11.8 Å². The van der Waals surface area contributed by atoms with Crippen LogP contribution in [0.4, 0.5) is 39.5 Å². The second kappa shape index (κ2) is 9.88. The summed E-state index contributed by atoms with van der Waals surface area (Å²) in [5.41, 5.74) is -0.427. The zero-order chi connectivity index (χ0) is 30.1. The average molecular weight is 589 g/mol. The molecule has 4 rings (SSSR count). The maximum Gasteiger partial charge on any atom is 0.460 e. The van der Waals surface area contributed by atoms with Gasteiger partial charge in [0.2, 0.25) is 0 Å². The predicted octanol–water partition coefficient (Wildman–Crippen LogP) is 8.76. The van der Waals surface area contributed by atoms with Gasteiger partial charge in [-0.25, -0.2) is 9.78 Å². The van der Waals surface area contributed by atoms with Crippen molar-refractivity contribution >= 4 is 5.78 Å². The number of rotatable bonds is 7. The molecule has 2 saturated carbocycles. The van der Waals surface area contributed by atoms with Gasteiger partial charge in [-0.15, -0.1) is 0 Å².